The second-order valence-corrected chi connectivity index (χ2v) is 7.38. The standard InChI is InChI=1S/C18H35N3O3/c1-4-21(5-2)14(3)12-19-17(23)20-13-15-6-7-18(16(15)22)8-10-24-11-9-18/h14-16,22H,4-13H2,1-3H3,(H2,19,20,23)/t14-,15-,16-/m1/s1. The maximum absolute atomic E-state index is 12.0. The van der Waals surface area contributed by atoms with E-state index in [0.29, 0.717) is 19.1 Å². The largest absolute Gasteiger partial charge is 0.392 e. The van der Waals surface area contributed by atoms with Crippen LogP contribution >= 0.6 is 0 Å². The molecule has 1 heterocycles. The molecule has 2 fully saturated rings. The molecule has 0 aromatic carbocycles. The van der Waals surface area contributed by atoms with E-state index in [1.807, 2.05) is 0 Å². The van der Waals surface area contributed by atoms with Crippen molar-refractivity contribution in [3.8, 4) is 0 Å². The van der Waals surface area contributed by atoms with E-state index in [2.05, 4.69) is 36.3 Å². The van der Waals surface area contributed by atoms with E-state index in [0.717, 1.165) is 52.0 Å². The van der Waals surface area contributed by atoms with E-state index in [1.54, 1.807) is 0 Å². The monoisotopic (exact) mass is 341 g/mol. The van der Waals surface area contributed by atoms with Crippen LogP contribution < -0.4 is 10.6 Å². The highest BCUT2D eigenvalue weighted by Crippen LogP contribution is 2.48. The molecule has 24 heavy (non-hydrogen) atoms. The summed E-state index contributed by atoms with van der Waals surface area (Å²) in [5, 5.41) is 16.6. The first-order chi connectivity index (χ1) is 11.5. The van der Waals surface area contributed by atoms with Gasteiger partial charge in [-0.25, -0.2) is 4.79 Å². The molecule has 0 aromatic heterocycles. The number of rotatable bonds is 7. The molecule has 2 aliphatic rings. The number of likely N-dealkylation sites (N-methyl/N-ethyl adjacent to an activating group) is 1. The van der Waals surface area contributed by atoms with Gasteiger partial charge in [0.2, 0.25) is 0 Å². The SMILES string of the molecule is CCN(CC)[C@H](C)CNC(=O)NC[C@H]1CCC2(CCOCC2)[C@@H]1O. The van der Waals surface area contributed by atoms with Crippen LogP contribution in [0.4, 0.5) is 4.79 Å². The lowest BCUT2D eigenvalue weighted by Gasteiger charge is -2.37. The Morgan fingerprint density at radius 3 is 2.54 bits per heavy atom. The van der Waals surface area contributed by atoms with Crippen LogP contribution in [-0.2, 0) is 4.74 Å². The Kier molecular flexibility index (Phi) is 7.32. The van der Waals surface area contributed by atoms with Gasteiger partial charge in [-0.1, -0.05) is 13.8 Å². The summed E-state index contributed by atoms with van der Waals surface area (Å²) in [6, 6.07) is 0.197. The molecule has 3 atom stereocenters. The maximum Gasteiger partial charge on any atom is 0.314 e. The third kappa shape index (κ3) is 4.61. The Labute approximate surface area is 146 Å². The second kappa shape index (κ2) is 9.02. The van der Waals surface area contributed by atoms with Gasteiger partial charge >= 0.3 is 6.03 Å². The van der Waals surface area contributed by atoms with Gasteiger partial charge in [-0.05, 0) is 45.7 Å². The van der Waals surface area contributed by atoms with E-state index in [-0.39, 0.29) is 23.5 Å². The molecule has 3 N–H and O–H groups in total. The summed E-state index contributed by atoms with van der Waals surface area (Å²) >= 11 is 0. The van der Waals surface area contributed by atoms with Gasteiger partial charge in [0.15, 0.2) is 0 Å². The number of amides is 2. The van der Waals surface area contributed by atoms with Crippen LogP contribution in [0.1, 0.15) is 46.5 Å². The fraction of sp³-hybridized carbons (Fsp3) is 0.944. The minimum absolute atomic E-state index is 0.0261. The van der Waals surface area contributed by atoms with Gasteiger partial charge in [0.1, 0.15) is 0 Å². The number of hydrogen-bond acceptors (Lipinski definition) is 4. The molecule has 1 saturated heterocycles. The molecule has 1 aliphatic carbocycles. The van der Waals surface area contributed by atoms with Crippen LogP contribution in [0.25, 0.3) is 0 Å². The van der Waals surface area contributed by atoms with Gasteiger partial charge in [0, 0.05) is 43.7 Å². The van der Waals surface area contributed by atoms with Gasteiger partial charge < -0.3 is 20.5 Å². The Morgan fingerprint density at radius 1 is 1.25 bits per heavy atom. The van der Waals surface area contributed by atoms with Gasteiger partial charge in [-0.15, -0.1) is 0 Å². The zero-order valence-corrected chi connectivity index (χ0v) is 15.5. The van der Waals surface area contributed by atoms with Crippen LogP contribution in [0.2, 0.25) is 0 Å². The third-order valence-corrected chi connectivity index (χ3v) is 6.09. The molecule has 2 rings (SSSR count). The van der Waals surface area contributed by atoms with Crippen LogP contribution in [0.3, 0.4) is 0 Å². The van der Waals surface area contributed by atoms with Gasteiger partial charge in [0.25, 0.3) is 0 Å². The number of carbonyl (C=O) groups is 1. The van der Waals surface area contributed by atoms with Crippen molar-refractivity contribution in [3.05, 3.63) is 0 Å². The summed E-state index contributed by atoms with van der Waals surface area (Å²) in [4.78, 5) is 14.4. The first-order valence-corrected chi connectivity index (χ1v) is 9.54. The zero-order chi connectivity index (χ0) is 17.6. The highest BCUT2D eigenvalue weighted by Gasteiger charge is 2.48. The summed E-state index contributed by atoms with van der Waals surface area (Å²) in [5.74, 6) is 0.161. The molecule has 0 radical (unpaired) electrons. The number of aliphatic hydroxyl groups is 1. The molecule has 2 amide bonds. The minimum atomic E-state index is -0.323. The Hall–Kier alpha value is -0.850. The minimum Gasteiger partial charge on any atom is -0.392 e. The topological polar surface area (TPSA) is 73.8 Å². The van der Waals surface area contributed by atoms with E-state index in [4.69, 9.17) is 4.74 Å². The summed E-state index contributed by atoms with van der Waals surface area (Å²) < 4.78 is 5.44. The lowest BCUT2D eigenvalue weighted by Crippen LogP contribution is -2.47. The first-order valence-electron chi connectivity index (χ1n) is 9.54. The zero-order valence-electron chi connectivity index (χ0n) is 15.5. The summed E-state index contributed by atoms with van der Waals surface area (Å²) in [7, 11) is 0. The Morgan fingerprint density at radius 2 is 1.92 bits per heavy atom. The summed E-state index contributed by atoms with van der Waals surface area (Å²) in [6.45, 7) is 11.1. The third-order valence-electron chi connectivity index (χ3n) is 6.09. The van der Waals surface area contributed by atoms with Gasteiger partial charge in [0.05, 0.1) is 6.10 Å². The molecule has 1 spiro atoms. The second-order valence-electron chi connectivity index (χ2n) is 7.38. The number of ether oxygens (including phenoxy) is 1. The number of hydrogen-bond donors (Lipinski definition) is 3. The van der Waals surface area contributed by atoms with Crippen molar-refractivity contribution in [2.45, 2.75) is 58.6 Å². The number of aliphatic hydroxyl groups excluding tert-OH is 1. The molecule has 0 unspecified atom stereocenters. The molecular formula is C18H35N3O3. The van der Waals surface area contributed by atoms with Crippen molar-refractivity contribution in [1.29, 1.82) is 0 Å². The molecule has 0 bridgehead atoms. The molecular weight excluding hydrogens is 306 g/mol. The van der Waals surface area contributed by atoms with Crippen LogP contribution in [0, 0.1) is 11.3 Å². The number of nitrogens with one attached hydrogen (secondary N) is 2. The van der Waals surface area contributed by atoms with Gasteiger partial charge in [-0.2, -0.15) is 0 Å². The quantitative estimate of drug-likeness (QED) is 0.657. The molecule has 0 aromatic rings. The lowest BCUT2D eigenvalue weighted by molar-refractivity contribution is -0.0554. The molecule has 6 nitrogen and oxygen atoms in total. The lowest BCUT2D eigenvalue weighted by atomic mass is 9.76. The average molecular weight is 341 g/mol. The van der Waals surface area contributed by atoms with Crippen LogP contribution in [0.5, 0.6) is 0 Å². The summed E-state index contributed by atoms with van der Waals surface area (Å²) in [6.07, 6.45) is 3.59. The van der Waals surface area contributed by atoms with Crippen LogP contribution in [0.15, 0.2) is 0 Å². The van der Waals surface area contributed by atoms with E-state index in [9.17, 15) is 9.90 Å². The molecule has 140 valence electrons. The predicted octanol–water partition coefficient (Wildman–Crippen LogP) is 1.58. The molecule has 6 heteroatoms. The van der Waals surface area contributed by atoms with Crippen molar-refractivity contribution in [2.24, 2.45) is 11.3 Å². The van der Waals surface area contributed by atoms with Gasteiger partial charge in [-0.3, -0.25) is 4.90 Å². The Bertz CT molecular complexity index is 395. The number of nitrogens with zero attached hydrogens (tertiary/aromatic N) is 1. The predicted molar refractivity (Wildman–Crippen MR) is 95.0 cm³/mol. The van der Waals surface area contributed by atoms with Crippen molar-refractivity contribution < 1.29 is 14.6 Å². The average Bonchev–Trinajstić information content (AvgIpc) is 2.89. The Balaban J connectivity index is 1.70. The van der Waals surface area contributed by atoms with Crippen molar-refractivity contribution in [1.82, 2.24) is 15.5 Å². The highest BCUT2D eigenvalue weighted by atomic mass is 16.5. The normalized spacial score (nSPS) is 27.4. The smallest absolute Gasteiger partial charge is 0.314 e. The fourth-order valence-electron chi connectivity index (χ4n) is 4.32. The molecule has 1 aliphatic heterocycles. The van der Waals surface area contributed by atoms with E-state index >= 15 is 0 Å². The fourth-order valence-corrected chi connectivity index (χ4v) is 4.32. The van der Waals surface area contributed by atoms with Crippen molar-refractivity contribution in [2.75, 3.05) is 39.4 Å². The first kappa shape index (κ1) is 19.5. The molecule has 1 saturated carbocycles. The van der Waals surface area contributed by atoms with E-state index < -0.39 is 0 Å². The highest BCUT2D eigenvalue weighted by molar-refractivity contribution is 5.73. The maximum atomic E-state index is 12.0. The van der Waals surface area contributed by atoms with Crippen LogP contribution in [-0.4, -0.2) is 67.6 Å². The summed E-state index contributed by atoms with van der Waals surface area (Å²) in [5.41, 5.74) is 0.0261. The number of urea groups is 1. The van der Waals surface area contributed by atoms with Crippen molar-refractivity contribution >= 4 is 6.03 Å². The van der Waals surface area contributed by atoms with E-state index in [1.165, 1.54) is 0 Å². The van der Waals surface area contributed by atoms with Crippen molar-refractivity contribution in [3.63, 3.8) is 0 Å². The number of carbonyl (C=O) groups excluding carboxylic acids is 1.